The number of nitrogens with zero attached hydrogens (tertiary/aromatic N) is 5. The number of likely N-dealkylation sites (N-methyl/N-ethyl adjacent to an activating group) is 1. The Morgan fingerprint density at radius 3 is 2.83 bits per heavy atom. The van der Waals surface area contributed by atoms with E-state index in [0.29, 0.717) is 40.7 Å². The Hall–Kier alpha value is -4.18. The average Bonchev–Trinajstić information content (AvgIpc) is 3.75. The first kappa shape index (κ1) is 24.8. The van der Waals surface area contributed by atoms with Gasteiger partial charge in [0.1, 0.15) is 5.69 Å². The highest BCUT2D eigenvalue weighted by molar-refractivity contribution is 6.21. The van der Waals surface area contributed by atoms with Crippen LogP contribution in [-0.2, 0) is 0 Å². The summed E-state index contributed by atoms with van der Waals surface area (Å²) in [6, 6.07) is 10.0. The van der Waals surface area contributed by atoms with Crippen molar-refractivity contribution in [2.45, 2.75) is 31.7 Å². The van der Waals surface area contributed by atoms with Gasteiger partial charge in [-0.3, -0.25) is 4.79 Å². The molecule has 10 nitrogen and oxygen atoms in total. The molecule has 0 spiro atoms. The topological polar surface area (TPSA) is 122 Å². The van der Waals surface area contributed by atoms with Gasteiger partial charge in [0.2, 0.25) is 11.8 Å². The van der Waals surface area contributed by atoms with E-state index >= 15 is 0 Å². The van der Waals surface area contributed by atoms with Crippen LogP contribution in [-0.4, -0.2) is 76.3 Å². The highest BCUT2D eigenvalue weighted by Crippen LogP contribution is 2.45. The van der Waals surface area contributed by atoms with E-state index in [1.54, 1.807) is 12.4 Å². The molecular formula is C30H34N8O2. The minimum Gasteiger partial charge on any atom is -0.492 e. The van der Waals surface area contributed by atoms with Crippen LogP contribution in [0, 0.1) is 11.8 Å². The fraction of sp³-hybridized carbons (Fsp3) is 0.400. The number of benzene rings is 1. The van der Waals surface area contributed by atoms with Gasteiger partial charge in [0, 0.05) is 60.8 Å². The quantitative estimate of drug-likeness (QED) is 0.368. The van der Waals surface area contributed by atoms with Crippen LogP contribution in [0.4, 0.5) is 23.1 Å². The molecule has 1 amide bonds. The number of aliphatic imine (C=N–C) groups is 1. The number of nitrogens with one attached hydrogen (secondary N) is 3. The number of pyridine rings is 1. The lowest BCUT2D eigenvalue weighted by Crippen LogP contribution is -2.44. The lowest BCUT2D eigenvalue weighted by Gasteiger charge is -2.34. The number of carbonyl (C=O) groups excluding carboxylic acids is 1. The fourth-order valence-corrected chi connectivity index (χ4v) is 6.57. The SMILES string of the molecule is CN1CCN(c2cccc(C(=O)Nc3cnc4c(c3)C(=Cc3[nH]c(NC5CC6CCC5C6)nc3O)C=N4)c2)CC1. The molecule has 40 heavy (non-hydrogen) atoms. The van der Waals surface area contributed by atoms with Gasteiger partial charge in [-0.2, -0.15) is 4.98 Å². The van der Waals surface area contributed by atoms with Gasteiger partial charge in [0.15, 0.2) is 5.82 Å². The van der Waals surface area contributed by atoms with Crippen LogP contribution in [0.15, 0.2) is 41.5 Å². The highest BCUT2D eigenvalue weighted by atomic mass is 16.3. The summed E-state index contributed by atoms with van der Waals surface area (Å²) in [6.45, 7) is 3.89. The van der Waals surface area contributed by atoms with Crippen molar-refractivity contribution in [3.05, 3.63) is 53.3 Å². The molecule has 3 atom stereocenters. The van der Waals surface area contributed by atoms with E-state index in [2.05, 4.69) is 53.5 Å². The van der Waals surface area contributed by atoms with Crippen LogP contribution in [0.1, 0.15) is 47.3 Å². The lowest BCUT2D eigenvalue weighted by atomic mass is 9.95. The van der Waals surface area contributed by atoms with E-state index < -0.39 is 0 Å². The summed E-state index contributed by atoms with van der Waals surface area (Å²) in [4.78, 5) is 34.2. The second-order valence-electron chi connectivity index (χ2n) is 11.5. The molecule has 2 aliphatic heterocycles. The van der Waals surface area contributed by atoms with Gasteiger partial charge in [-0.05, 0) is 68.5 Å². The molecule has 1 saturated heterocycles. The van der Waals surface area contributed by atoms with Crippen LogP contribution >= 0.6 is 0 Å². The summed E-state index contributed by atoms with van der Waals surface area (Å²) in [5, 5.41) is 17.0. The van der Waals surface area contributed by atoms with Crippen molar-refractivity contribution in [3.63, 3.8) is 0 Å². The molecule has 2 aliphatic carbocycles. The Balaban J connectivity index is 1.06. The van der Waals surface area contributed by atoms with Crippen molar-refractivity contribution in [2.75, 3.05) is 48.8 Å². The number of piperazine rings is 1. The summed E-state index contributed by atoms with van der Waals surface area (Å²) < 4.78 is 0. The molecule has 2 bridgehead atoms. The molecular weight excluding hydrogens is 504 g/mol. The first-order chi connectivity index (χ1) is 19.5. The molecule has 2 aromatic heterocycles. The first-order valence-electron chi connectivity index (χ1n) is 14.1. The summed E-state index contributed by atoms with van der Waals surface area (Å²) in [5.74, 6) is 2.43. The monoisotopic (exact) mass is 538 g/mol. The smallest absolute Gasteiger partial charge is 0.255 e. The number of fused-ring (bicyclic) bond motifs is 3. The third-order valence-electron chi connectivity index (χ3n) is 8.81. The molecule has 7 rings (SSSR count). The number of aromatic amines is 1. The lowest BCUT2D eigenvalue weighted by molar-refractivity contribution is 0.102. The fourth-order valence-electron chi connectivity index (χ4n) is 6.57. The third-order valence-corrected chi connectivity index (χ3v) is 8.81. The van der Waals surface area contributed by atoms with Gasteiger partial charge >= 0.3 is 0 Å². The number of hydrogen-bond acceptors (Lipinski definition) is 8. The molecule has 1 aromatic carbocycles. The summed E-state index contributed by atoms with van der Waals surface area (Å²) in [6.07, 6.45) is 10.2. The number of amides is 1. The number of anilines is 3. The maximum atomic E-state index is 13.1. The van der Waals surface area contributed by atoms with Crippen LogP contribution in [0.2, 0.25) is 0 Å². The highest BCUT2D eigenvalue weighted by Gasteiger charge is 2.39. The number of carbonyl (C=O) groups is 1. The van der Waals surface area contributed by atoms with Crippen molar-refractivity contribution in [2.24, 2.45) is 16.8 Å². The summed E-state index contributed by atoms with van der Waals surface area (Å²) in [7, 11) is 2.13. The summed E-state index contributed by atoms with van der Waals surface area (Å²) in [5.41, 5.74) is 4.30. The number of rotatable bonds is 6. The molecule has 0 radical (unpaired) electrons. The third kappa shape index (κ3) is 4.83. The minimum atomic E-state index is -0.190. The predicted octanol–water partition coefficient (Wildman–Crippen LogP) is 4.37. The first-order valence-corrected chi connectivity index (χ1v) is 14.1. The maximum Gasteiger partial charge on any atom is 0.255 e. The Bertz CT molecular complexity index is 1500. The van der Waals surface area contributed by atoms with Gasteiger partial charge in [0.25, 0.3) is 5.91 Å². The molecule has 3 unspecified atom stereocenters. The largest absolute Gasteiger partial charge is 0.492 e. The van der Waals surface area contributed by atoms with Crippen molar-refractivity contribution >= 4 is 46.9 Å². The Morgan fingerprint density at radius 1 is 1.15 bits per heavy atom. The van der Waals surface area contributed by atoms with Crippen molar-refractivity contribution in [1.82, 2.24) is 19.9 Å². The Kier molecular flexibility index (Phi) is 6.27. The van der Waals surface area contributed by atoms with Crippen LogP contribution in [0.3, 0.4) is 0 Å². The van der Waals surface area contributed by atoms with E-state index in [-0.39, 0.29) is 11.8 Å². The zero-order valence-electron chi connectivity index (χ0n) is 22.6. The molecule has 2 saturated carbocycles. The normalized spacial score (nSPS) is 24.6. The van der Waals surface area contributed by atoms with Gasteiger partial charge in [-0.1, -0.05) is 12.5 Å². The van der Waals surface area contributed by atoms with Crippen LogP contribution in [0.25, 0.3) is 11.6 Å². The van der Waals surface area contributed by atoms with E-state index in [1.165, 1.54) is 25.7 Å². The number of H-pyrrole nitrogens is 1. The predicted molar refractivity (Wildman–Crippen MR) is 157 cm³/mol. The molecule has 4 N–H and O–H groups in total. The van der Waals surface area contributed by atoms with Gasteiger partial charge < -0.3 is 30.5 Å². The van der Waals surface area contributed by atoms with Gasteiger partial charge in [0.05, 0.1) is 11.9 Å². The molecule has 10 heteroatoms. The van der Waals surface area contributed by atoms with E-state index in [1.807, 2.05) is 30.3 Å². The van der Waals surface area contributed by atoms with Crippen molar-refractivity contribution in [1.29, 1.82) is 0 Å². The van der Waals surface area contributed by atoms with E-state index in [4.69, 9.17) is 0 Å². The number of aromatic hydroxyl groups is 1. The second kappa shape index (κ2) is 10.1. The zero-order chi connectivity index (χ0) is 27.2. The Morgan fingerprint density at radius 2 is 2.02 bits per heavy atom. The van der Waals surface area contributed by atoms with E-state index in [0.717, 1.165) is 48.9 Å². The zero-order valence-corrected chi connectivity index (χ0v) is 22.6. The molecule has 4 aliphatic rings. The number of aromatic nitrogens is 3. The average molecular weight is 539 g/mol. The van der Waals surface area contributed by atoms with Gasteiger partial charge in [-0.15, -0.1) is 0 Å². The molecule has 206 valence electrons. The standard InChI is InChI=1S/C30H34N8O2/c1-37-7-9-38(10-8-37)23-4-2-3-20(13-23)28(39)33-22-15-24-21(16-31-27(24)32-17-22)14-26-29(40)36-30(35-26)34-25-12-18-5-6-19(25)11-18/h2-4,13-19,25,40H,5-12H2,1H3,(H,33,39)(H2,34,35,36). The number of imidazole rings is 1. The van der Waals surface area contributed by atoms with Crippen molar-refractivity contribution < 1.29 is 9.90 Å². The van der Waals surface area contributed by atoms with E-state index in [9.17, 15) is 9.90 Å². The number of allylic oxidation sites excluding steroid dienone is 1. The summed E-state index contributed by atoms with van der Waals surface area (Å²) >= 11 is 0. The molecule has 3 fully saturated rings. The Labute approximate surface area is 233 Å². The molecule has 3 aromatic rings. The second-order valence-corrected chi connectivity index (χ2v) is 11.5. The van der Waals surface area contributed by atoms with Crippen LogP contribution in [0.5, 0.6) is 5.88 Å². The van der Waals surface area contributed by atoms with Gasteiger partial charge in [-0.25, -0.2) is 9.98 Å². The minimum absolute atomic E-state index is 0.0577. The number of hydrogen-bond donors (Lipinski definition) is 4. The maximum absolute atomic E-state index is 13.1. The van der Waals surface area contributed by atoms with Crippen LogP contribution < -0.4 is 15.5 Å². The van der Waals surface area contributed by atoms with Crippen molar-refractivity contribution in [3.8, 4) is 5.88 Å². The molecule has 4 heterocycles.